The summed E-state index contributed by atoms with van der Waals surface area (Å²) in [7, 11) is 0. The lowest BCUT2D eigenvalue weighted by atomic mass is 9.78. The monoisotopic (exact) mass is 412 g/mol. The van der Waals surface area contributed by atoms with E-state index < -0.39 is 18.2 Å². The van der Waals surface area contributed by atoms with E-state index in [1.807, 2.05) is 24.3 Å². The number of phenolic OH excluding ortho intramolecular Hbond substituents is 1. The molecule has 5 nitrogen and oxygen atoms in total. The van der Waals surface area contributed by atoms with E-state index in [1.54, 1.807) is 38.1 Å². The van der Waals surface area contributed by atoms with Crippen LogP contribution in [0.3, 0.4) is 0 Å². The quantitative estimate of drug-likeness (QED) is 0.324. The molecular formula is C25H32O5. The van der Waals surface area contributed by atoms with Gasteiger partial charge in [-0.3, -0.25) is 0 Å². The van der Waals surface area contributed by atoms with Gasteiger partial charge in [-0.15, -0.1) is 0 Å². The molecule has 0 aromatic heterocycles. The normalized spacial score (nSPS) is 14.6. The summed E-state index contributed by atoms with van der Waals surface area (Å²) in [4.78, 5) is 12.5. The second kappa shape index (κ2) is 9.92. The summed E-state index contributed by atoms with van der Waals surface area (Å²) in [5.74, 6) is -0.294. The van der Waals surface area contributed by atoms with Crippen LogP contribution in [-0.2, 0) is 10.2 Å². The molecule has 2 atom stereocenters. The smallest absolute Gasteiger partial charge is 0.339 e. The van der Waals surface area contributed by atoms with E-state index in [2.05, 4.69) is 20.4 Å². The first-order chi connectivity index (χ1) is 14.0. The molecule has 30 heavy (non-hydrogen) atoms. The zero-order valence-corrected chi connectivity index (χ0v) is 18.1. The van der Waals surface area contributed by atoms with Crippen LogP contribution < -0.4 is 4.74 Å². The number of aliphatic hydroxyl groups is 2. The van der Waals surface area contributed by atoms with Gasteiger partial charge in [0, 0.05) is 11.0 Å². The number of ether oxygens (including phenoxy) is 1. The molecule has 0 saturated heterocycles. The van der Waals surface area contributed by atoms with Gasteiger partial charge in [0.1, 0.15) is 11.5 Å². The molecule has 0 bridgehead atoms. The predicted molar refractivity (Wildman–Crippen MR) is 118 cm³/mol. The first-order valence-electron chi connectivity index (χ1n) is 10.2. The molecule has 0 fully saturated rings. The molecule has 0 spiro atoms. The summed E-state index contributed by atoms with van der Waals surface area (Å²) in [5.41, 5.74) is 2.04. The molecule has 0 aliphatic carbocycles. The Bertz CT molecular complexity index is 838. The maximum Gasteiger partial charge on any atom is 0.339 e. The van der Waals surface area contributed by atoms with Gasteiger partial charge >= 0.3 is 5.97 Å². The van der Waals surface area contributed by atoms with Crippen molar-refractivity contribution >= 4 is 5.97 Å². The second-order valence-corrected chi connectivity index (χ2v) is 8.48. The number of benzene rings is 2. The molecule has 0 heterocycles. The third-order valence-corrected chi connectivity index (χ3v) is 5.38. The maximum atomic E-state index is 12.5. The lowest BCUT2D eigenvalue weighted by Gasteiger charge is -2.26. The Kier molecular flexibility index (Phi) is 7.82. The minimum Gasteiger partial charge on any atom is -0.508 e. The van der Waals surface area contributed by atoms with Crippen LogP contribution in [0.5, 0.6) is 11.5 Å². The highest BCUT2D eigenvalue weighted by Crippen LogP contribution is 2.33. The highest BCUT2D eigenvalue weighted by atomic mass is 16.5. The van der Waals surface area contributed by atoms with Gasteiger partial charge in [0.2, 0.25) is 0 Å². The van der Waals surface area contributed by atoms with Gasteiger partial charge < -0.3 is 20.1 Å². The Morgan fingerprint density at radius 1 is 0.933 bits per heavy atom. The molecule has 2 aromatic carbocycles. The topological polar surface area (TPSA) is 87.0 Å². The molecule has 2 rings (SSSR count). The molecule has 0 saturated carbocycles. The van der Waals surface area contributed by atoms with E-state index in [0.717, 1.165) is 11.1 Å². The number of rotatable bonds is 9. The number of carbonyl (C=O) groups is 1. The minimum atomic E-state index is -0.611. The molecule has 3 N–H and O–H groups in total. The number of carbonyl (C=O) groups excluding carboxylic acids is 1. The van der Waals surface area contributed by atoms with Gasteiger partial charge in [-0.1, -0.05) is 44.7 Å². The van der Waals surface area contributed by atoms with E-state index in [9.17, 15) is 20.1 Å². The van der Waals surface area contributed by atoms with Gasteiger partial charge in [-0.05, 0) is 68.0 Å². The fourth-order valence-electron chi connectivity index (χ4n) is 3.53. The zero-order chi connectivity index (χ0) is 22.5. The molecule has 0 radical (unpaired) electrons. The van der Waals surface area contributed by atoms with Crippen LogP contribution in [0.4, 0.5) is 0 Å². The number of aromatic hydroxyl groups is 1. The number of phenols is 1. The molecule has 0 amide bonds. The molecule has 0 aliphatic heterocycles. The molecule has 0 aliphatic rings. The van der Waals surface area contributed by atoms with Crippen molar-refractivity contribution in [3.63, 3.8) is 0 Å². The van der Waals surface area contributed by atoms with Gasteiger partial charge in [0.25, 0.3) is 0 Å². The van der Waals surface area contributed by atoms with E-state index in [-0.39, 0.29) is 22.7 Å². The largest absolute Gasteiger partial charge is 0.508 e. The molecule has 5 heteroatoms. The first-order valence-corrected chi connectivity index (χ1v) is 10.2. The van der Waals surface area contributed by atoms with E-state index in [1.165, 1.54) is 0 Å². The Hall–Kier alpha value is -2.63. The van der Waals surface area contributed by atoms with Crippen LogP contribution >= 0.6 is 0 Å². The van der Waals surface area contributed by atoms with E-state index >= 15 is 0 Å². The van der Waals surface area contributed by atoms with E-state index in [0.29, 0.717) is 18.6 Å². The zero-order valence-electron chi connectivity index (χ0n) is 18.1. The summed E-state index contributed by atoms with van der Waals surface area (Å²) >= 11 is 0. The molecule has 162 valence electrons. The fourth-order valence-corrected chi connectivity index (χ4v) is 3.53. The number of esters is 1. The average Bonchev–Trinajstić information content (AvgIpc) is 2.67. The predicted octanol–water partition coefficient (Wildman–Crippen LogP) is 4.34. The number of aliphatic hydroxyl groups excluding tert-OH is 2. The Morgan fingerprint density at radius 2 is 1.37 bits per heavy atom. The minimum absolute atomic E-state index is 0.224. The van der Waals surface area contributed by atoms with Crippen LogP contribution in [-0.4, -0.2) is 33.5 Å². The van der Waals surface area contributed by atoms with Crippen molar-refractivity contribution in [1.29, 1.82) is 0 Å². The summed E-state index contributed by atoms with van der Waals surface area (Å²) in [6.07, 6.45) is -0.559. The summed E-state index contributed by atoms with van der Waals surface area (Å²) < 4.78 is 5.47. The number of hydrogen-bond acceptors (Lipinski definition) is 5. The van der Waals surface area contributed by atoms with Crippen molar-refractivity contribution in [3.8, 4) is 11.5 Å². The van der Waals surface area contributed by atoms with Crippen molar-refractivity contribution in [2.24, 2.45) is 5.92 Å². The third kappa shape index (κ3) is 6.18. The van der Waals surface area contributed by atoms with Crippen LogP contribution in [0.15, 0.2) is 60.7 Å². The maximum absolute atomic E-state index is 12.5. The lowest BCUT2D eigenvalue weighted by Crippen LogP contribution is -2.24. The molecular weight excluding hydrogens is 380 g/mol. The Morgan fingerprint density at radius 3 is 1.80 bits per heavy atom. The third-order valence-electron chi connectivity index (χ3n) is 5.38. The lowest BCUT2D eigenvalue weighted by molar-refractivity contribution is -0.130. The molecule has 2 aromatic rings. The molecule has 2 unspecified atom stereocenters. The standard InChI is InChI=1S/C25H32O5/c1-16(26)14-19(15-17(2)27)18(3)24(29)30-23-12-8-21(9-13-23)25(4,5)20-6-10-22(28)11-7-20/h6-13,16-17,19,26-28H,3,14-15H2,1-2,4-5H3. The highest BCUT2D eigenvalue weighted by Gasteiger charge is 2.25. The van der Waals surface area contributed by atoms with Crippen LogP contribution in [0, 0.1) is 5.92 Å². The van der Waals surface area contributed by atoms with Crippen molar-refractivity contribution in [3.05, 3.63) is 71.8 Å². The van der Waals surface area contributed by atoms with Crippen LogP contribution in [0.1, 0.15) is 51.7 Å². The second-order valence-electron chi connectivity index (χ2n) is 8.48. The Labute approximate surface area is 178 Å². The highest BCUT2D eigenvalue weighted by molar-refractivity contribution is 5.90. The first kappa shape index (κ1) is 23.6. The van der Waals surface area contributed by atoms with Crippen LogP contribution in [0.2, 0.25) is 0 Å². The van der Waals surface area contributed by atoms with Crippen molar-refractivity contribution in [1.82, 2.24) is 0 Å². The van der Waals surface area contributed by atoms with Gasteiger partial charge in [-0.25, -0.2) is 4.79 Å². The van der Waals surface area contributed by atoms with Crippen LogP contribution in [0.25, 0.3) is 0 Å². The van der Waals surface area contributed by atoms with Gasteiger partial charge in [0.05, 0.1) is 12.2 Å². The van der Waals surface area contributed by atoms with Crippen molar-refractivity contribution in [2.45, 2.75) is 58.2 Å². The average molecular weight is 413 g/mol. The van der Waals surface area contributed by atoms with E-state index in [4.69, 9.17) is 4.74 Å². The fraction of sp³-hybridized carbons (Fsp3) is 0.400. The SMILES string of the molecule is C=C(C(=O)Oc1ccc(C(C)(C)c2ccc(O)cc2)cc1)C(CC(C)O)CC(C)O. The summed E-state index contributed by atoms with van der Waals surface area (Å²) in [6, 6.07) is 14.4. The van der Waals surface area contributed by atoms with Crippen molar-refractivity contribution in [2.75, 3.05) is 0 Å². The summed E-state index contributed by atoms with van der Waals surface area (Å²) in [5, 5.41) is 28.9. The van der Waals surface area contributed by atoms with Gasteiger partial charge in [-0.2, -0.15) is 0 Å². The van der Waals surface area contributed by atoms with Crippen molar-refractivity contribution < 1.29 is 24.9 Å². The summed E-state index contributed by atoms with van der Waals surface area (Å²) in [6.45, 7) is 11.3. The van der Waals surface area contributed by atoms with Gasteiger partial charge in [0.15, 0.2) is 0 Å². The Balaban J connectivity index is 2.11. The number of hydrogen-bond donors (Lipinski definition) is 3.